The van der Waals surface area contributed by atoms with Crippen molar-refractivity contribution in [3.63, 3.8) is 0 Å². The molecule has 0 aliphatic carbocycles. The summed E-state index contributed by atoms with van der Waals surface area (Å²) in [6.07, 6.45) is 0.463. The number of hydrogen-bond donors (Lipinski definition) is 2. The molecule has 2 heterocycles. The number of carbonyl (C=O) groups is 5. The minimum Gasteiger partial charge on any atom is -0.345 e. The van der Waals surface area contributed by atoms with Crippen LogP contribution in [0.3, 0.4) is 0 Å². The van der Waals surface area contributed by atoms with Gasteiger partial charge in [0.25, 0.3) is 11.8 Å². The minimum atomic E-state index is -0.801. The van der Waals surface area contributed by atoms with Crippen molar-refractivity contribution in [2.75, 3.05) is 0 Å². The average Bonchev–Trinajstić information content (AvgIpc) is 3.09. The van der Waals surface area contributed by atoms with Gasteiger partial charge in [-0.3, -0.25) is 29.3 Å². The number of nitrogens with zero attached hydrogens (tertiary/aromatic N) is 1. The van der Waals surface area contributed by atoms with Gasteiger partial charge < -0.3 is 10.2 Å². The molecule has 2 aliphatic rings. The second kappa shape index (κ2) is 8.72. The van der Waals surface area contributed by atoms with Crippen molar-refractivity contribution >= 4 is 52.6 Å². The van der Waals surface area contributed by atoms with E-state index in [1.54, 1.807) is 18.2 Å². The number of carbonyl (C=O) groups excluding carboxylic acids is 5. The number of amides is 4. The Balaban J connectivity index is 1.41. The van der Waals surface area contributed by atoms with Crippen LogP contribution in [0.25, 0.3) is 0 Å². The third kappa shape index (κ3) is 4.24. The first-order chi connectivity index (χ1) is 15.2. The van der Waals surface area contributed by atoms with E-state index in [1.165, 1.54) is 23.1 Å². The Bertz CT molecular complexity index is 1180. The molecular weight excluding hydrogens is 457 g/mol. The summed E-state index contributed by atoms with van der Waals surface area (Å²) in [6, 6.07) is 8.55. The fourth-order valence-corrected chi connectivity index (χ4v) is 4.07. The zero-order valence-corrected chi connectivity index (χ0v) is 18.1. The van der Waals surface area contributed by atoms with Crippen LogP contribution in [0.15, 0.2) is 36.4 Å². The second-order valence-electron chi connectivity index (χ2n) is 7.53. The van der Waals surface area contributed by atoms with Crippen LogP contribution in [0.1, 0.15) is 44.7 Å². The number of benzene rings is 2. The summed E-state index contributed by atoms with van der Waals surface area (Å²) in [5.74, 6) is -2.64. The summed E-state index contributed by atoms with van der Waals surface area (Å²) in [7, 11) is 0. The molecule has 2 N–H and O–H groups in total. The lowest BCUT2D eigenvalue weighted by atomic mass is 10.0. The van der Waals surface area contributed by atoms with Gasteiger partial charge in [0.15, 0.2) is 0 Å². The highest BCUT2D eigenvalue weighted by molar-refractivity contribution is 6.45. The number of hydrogen-bond acceptors (Lipinski definition) is 5. The third-order valence-electron chi connectivity index (χ3n) is 5.43. The molecule has 2 aromatic carbocycles. The smallest absolute Gasteiger partial charge is 0.292 e. The van der Waals surface area contributed by atoms with Crippen LogP contribution >= 0.6 is 23.2 Å². The van der Waals surface area contributed by atoms with Crippen LogP contribution in [0, 0.1) is 0 Å². The van der Waals surface area contributed by atoms with Gasteiger partial charge in [0, 0.05) is 30.6 Å². The molecule has 4 rings (SSSR count). The molecule has 2 aromatic rings. The first-order valence-electron chi connectivity index (χ1n) is 9.78. The van der Waals surface area contributed by atoms with Crippen LogP contribution in [0.2, 0.25) is 10.0 Å². The van der Waals surface area contributed by atoms with Crippen molar-refractivity contribution < 1.29 is 24.0 Å². The number of ketones is 1. The highest BCUT2D eigenvalue weighted by Gasteiger charge is 2.39. The molecule has 32 heavy (non-hydrogen) atoms. The van der Waals surface area contributed by atoms with Crippen LogP contribution in [0.4, 0.5) is 0 Å². The van der Waals surface area contributed by atoms with Crippen molar-refractivity contribution in [3.05, 3.63) is 68.7 Å². The summed E-state index contributed by atoms with van der Waals surface area (Å²) >= 11 is 11.7. The van der Waals surface area contributed by atoms with E-state index in [2.05, 4.69) is 10.6 Å². The van der Waals surface area contributed by atoms with E-state index in [1.807, 2.05) is 0 Å². The van der Waals surface area contributed by atoms with Crippen LogP contribution in [0.5, 0.6) is 0 Å². The van der Waals surface area contributed by atoms with Crippen molar-refractivity contribution in [2.24, 2.45) is 0 Å². The fourth-order valence-electron chi connectivity index (χ4n) is 3.77. The Morgan fingerprint density at radius 2 is 1.84 bits per heavy atom. The normalized spacial score (nSPS) is 17.8. The summed E-state index contributed by atoms with van der Waals surface area (Å²) in [5, 5.41) is 5.27. The molecule has 0 spiro atoms. The maximum Gasteiger partial charge on any atom is 0.292 e. The lowest BCUT2D eigenvalue weighted by Crippen LogP contribution is -2.52. The van der Waals surface area contributed by atoms with Gasteiger partial charge >= 0.3 is 0 Å². The predicted octanol–water partition coefficient (Wildman–Crippen LogP) is 2.25. The monoisotopic (exact) mass is 473 g/mol. The fraction of sp³-hybridized carbons (Fsp3) is 0.227. The molecule has 8 nitrogen and oxygen atoms in total. The molecule has 4 amide bonds. The first-order valence-corrected chi connectivity index (χ1v) is 10.5. The number of halogens is 2. The van der Waals surface area contributed by atoms with E-state index in [4.69, 9.17) is 23.2 Å². The van der Waals surface area contributed by atoms with Gasteiger partial charge in [-0.2, -0.15) is 0 Å². The summed E-state index contributed by atoms with van der Waals surface area (Å²) < 4.78 is 0. The van der Waals surface area contributed by atoms with Gasteiger partial charge in [0.1, 0.15) is 6.04 Å². The topological polar surface area (TPSA) is 113 Å². The molecule has 0 aromatic heterocycles. The van der Waals surface area contributed by atoms with Gasteiger partial charge in [0.05, 0.1) is 10.0 Å². The number of rotatable bonds is 5. The summed E-state index contributed by atoms with van der Waals surface area (Å²) in [4.78, 5) is 62.2. The highest BCUT2D eigenvalue weighted by atomic mass is 35.5. The number of imide groups is 1. The molecular formula is C22H17Cl2N3O5. The van der Waals surface area contributed by atoms with Gasteiger partial charge in [-0.15, -0.1) is 0 Å². The van der Waals surface area contributed by atoms with Crippen molar-refractivity contribution in [1.82, 2.24) is 15.5 Å². The molecule has 1 fully saturated rings. The number of piperidine rings is 1. The second-order valence-corrected chi connectivity index (χ2v) is 8.35. The standard InChI is InChI=1S/C22H17Cl2N3O5/c23-15-4-2-12(8-16(15)24)19(29)21(31)25-9-11-1-3-14-13(7-11)10-27(22(14)32)17-5-6-18(28)26-20(17)30/h1-4,7-8,17H,5-6,9-10H2,(H,25,31)(H,26,28,30). The van der Waals surface area contributed by atoms with Crippen molar-refractivity contribution in [1.29, 1.82) is 0 Å². The molecule has 1 atom stereocenters. The highest BCUT2D eigenvalue weighted by Crippen LogP contribution is 2.28. The summed E-state index contributed by atoms with van der Waals surface area (Å²) in [6.45, 7) is 0.302. The predicted molar refractivity (Wildman–Crippen MR) is 115 cm³/mol. The number of Topliss-reactive ketones (excluding diaryl/α,β-unsaturated/α-hetero) is 1. The van der Waals surface area contributed by atoms with E-state index in [9.17, 15) is 24.0 Å². The minimum absolute atomic E-state index is 0.0752. The zero-order chi connectivity index (χ0) is 23.0. The molecule has 0 bridgehead atoms. The van der Waals surface area contributed by atoms with Gasteiger partial charge in [-0.1, -0.05) is 35.3 Å². The molecule has 10 heteroatoms. The van der Waals surface area contributed by atoms with Crippen LogP contribution < -0.4 is 10.6 Å². The third-order valence-corrected chi connectivity index (χ3v) is 6.17. The maximum atomic E-state index is 12.7. The van der Waals surface area contributed by atoms with Crippen LogP contribution in [-0.4, -0.2) is 40.4 Å². The first kappa shape index (κ1) is 22.0. The Hall–Kier alpha value is -3.23. The lowest BCUT2D eigenvalue weighted by Gasteiger charge is -2.29. The quantitative estimate of drug-likeness (QED) is 0.392. The average molecular weight is 474 g/mol. The van der Waals surface area contributed by atoms with Crippen molar-refractivity contribution in [2.45, 2.75) is 32.0 Å². The Labute approximate surface area is 192 Å². The Morgan fingerprint density at radius 3 is 2.56 bits per heavy atom. The van der Waals surface area contributed by atoms with Gasteiger partial charge in [0.2, 0.25) is 17.6 Å². The molecule has 1 unspecified atom stereocenters. The van der Waals surface area contributed by atoms with E-state index in [0.29, 0.717) is 16.7 Å². The SMILES string of the molecule is O=C1CCC(N2Cc3cc(CNC(=O)C(=O)c4ccc(Cl)c(Cl)c4)ccc3C2=O)C(=O)N1. The molecule has 0 saturated carbocycles. The molecule has 1 saturated heterocycles. The Kier molecular flexibility index (Phi) is 5.99. The lowest BCUT2D eigenvalue weighted by molar-refractivity contribution is -0.137. The molecule has 2 aliphatic heterocycles. The van der Waals surface area contributed by atoms with E-state index >= 15 is 0 Å². The maximum absolute atomic E-state index is 12.7. The molecule has 164 valence electrons. The number of fused-ring (bicyclic) bond motifs is 1. The molecule has 0 radical (unpaired) electrons. The van der Waals surface area contributed by atoms with Crippen molar-refractivity contribution in [3.8, 4) is 0 Å². The Morgan fingerprint density at radius 1 is 1.06 bits per heavy atom. The van der Waals surface area contributed by atoms with E-state index in [-0.39, 0.29) is 53.4 Å². The van der Waals surface area contributed by atoms with Gasteiger partial charge in [-0.05, 0) is 41.8 Å². The van der Waals surface area contributed by atoms with E-state index < -0.39 is 23.6 Å². The van der Waals surface area contributed by atoms with Gasteiger partial charge in [-0.25, -0.2) is 0 Å². The van der Waals surface area contributed by atoms with E-state index in [0.717, 1.165) is 0 Å². The zero-order valence-electron chi connectivity index (χ0n) is 16.6. The van der Waals surface area contributed by atoms with Crippen LogP contribution in [-0.2, 0) is 27.5 Å². The summed E-state index contributed by atoms with van der Waals surface area (Å²) in [5.41, 5.74) is 1.99. The largest absolute Gasteiger partial charge is 0.345 e. The number of nitrogens with one attached hydrogen (secondary N) is 2.